The lowest BCUT2D eigenvalue weighted by atomic mass is 10.2. The monoisotopic (exact) mass is 249 g/mol. The number of aromatic amines is 1. The van der Waals surface area contributed by atoms with Gasteiger partial charge in [0.2, 0.25) is 0 Å². The van der Waals surface area contributed by atoms with Crippen molar-refractivity contribution in [1.82, 2.24) is 15.3 Å². The first-order valence-electron chi connectivity index (χ1n) is 5.94. The van der Waals surface area contributed by atoms with E-state index in [1.54, 1.807) is 11.3 Å². The zero-order valence-electron chi connectivity index (χ0n) is 10.6. The van der Waals surface area contributed by atoms with Crippen LogP contribution in [0.25, 0.3) is 11.4 Å². The van der Waals surface area contributed by atoms with E-state index in [1.165, 1.54) is 11.1 Å². The van der Waals surface area contributed by atoms with Gasteiger partial charge in [-0.15, -0.1) is 0 Å². The van der Waals surface area contributed by atoms with E-state index in [4.69, 9.17) is 0 Å². The van der Waals surface area contributed by atoms with Crippen LogP contribution in [-0.2, 0) is 6.54 Å². The molecule has 0 unspecified atom stereocenters. The molecule has 92 valence electrons. The van der Waals surface area contributed by atoms with E-state index in [-0.39, 0.29) is 0 Å². The largest absolute Gasteiger partial charge is 0.341 e. The van der Waals surface area contributed by atoms with Crippen molar-refractivity contribution >= 4 is 11.3 Å². The van der Waals surface area contributed by atoms with Gasteiger partial charge in [-0.3, -0.25) is 0 Å². The lowest BCUT2D eigenvalue weighted by Crippen LogP contribution is -2.19. The highest BCUT2D eigenvalue weighted by Gasteiger charge is 2.07. The molecular formula is C13H19N3S. The first-order valence-corrected chi connectivity index (χ1v) is 6.89. The summed E-state index contributed by atoms with van der Waals surface area (Å²) in [4.78, 5) is 7.79. The standard InChI is InChI=1S/C13H19N3S/c1-9(2)4-14-5-11-6-15-13(16-11)12-8-17-7-10(12)3/h6-9,14H,4-5H2,1-3H3,(H,15,16). The molecule has 2 rings (SSSR count). The number of hydrogen-bond acceptors (Lipinski definition) is 3. The van der Waals surface area contributed by atoms with E-state index in [2.05, 4.69) is 46.8 Å². The number of rotatable bonds is 5. The van der Waals surface area contributed by atoms with Gasteiger partial charge in [0.25, 0.3) is 0 Å². The van der Waals surface area contributed by atoms with Crippen molar-refractivity contribution in [3.63, 3.8) is 0 Å². The molecule has 2 aromatic rings. The van der Waals surface area contributed by atoms with Gasteiger partial charge in [0.05, 0.1) is 0 Å². The zero-order chi connectivity index (χ0) is 12.3. The van der Waals surface area contributed by atoms with Crippen molar-refractivity contribution in [2.45, 2.75) is 27.3 Å². The van der Waals surface area contributed by atoms with Gasteiger partial charge in [0.1, 0.15) is 5.82 Å². The highest BCUT2D eigenvalue weighted by atomic mass is 32.1. The van der Waals surface area contributed by atoms with E-state index in [9.17, 15) is 0 Å². The minimum atomic E-state index is 0.677. The molecule has 0 radical (unpaired) electrons. The molecule has 0 aliphatic carbocycles. The van der Waals surface area contributed by atoms with Crippen LogP contribution in [0, 0.1) is 12.8 Å². The van der Waals surface area contributed by atoms with Crippen LogP contribution in [0.3, 0.4) is 0 Å². The molecule has 0 saturated heterocycles. The third-order valence-corrected chi connectivity index (χ3v) is 3.47. The summed E-state index contributed by atoms with van der Waals surface area (Å²) in [5, 5.41) is 7.69. The second kappa shape index (κ2) is 5.47. The minimum Gasteiger partial charge on any atom is -0.341 e. The third-order valence-electron chi connectivity index (χ3n) is 2.61. The third kappa shape index (κ3) is 3.17. The molecule has 17 heavy (non-hydrogen) atoms. The first-order chi connectivity index (χ1) is 8.16. The summed E-state index contributed by atoms with van der Waals surface area (Å²) >= 11 is 1.72. The average Bonchev–Trinajstić information content (AvgIpc) is 2.86. The summed E-state index contributed by atoms with van der Waals surface area (Å²) in [6.45, 7) is 8.42. The molecule has 2 heterocycles. The predicted molar refractivity (Wildman–Crippen MR) is 73.2 cm³/mol. The lowest BCUT2D eigenvalue weighted by molar-refractivity contribution is 0.549. The van der Waals surface area contributed by atoms with Crippen LogP contribution in [0.2, 0.25) is 0 Å². The van der Waals surface area contributed by atoms with Crippen molar-refractivity contribution < 1.29 is 0 Å². The number of nitrogens with one attached hydrogen (secondary N) is 2. The molecule has 0 aliphatic rings. The number of hydrogen-bond donors (Lipinski definition) is 2. The van der Waals surface area contributed by atoms with Crippen molar-refractivity contribution in [1.29, 1.82) is 0 Å². The number of aryl methyl sites for hydroxylation is 1. The Bertz CT molecular complexity index is 470. The fraction of sp³-hybridized carbons (Fsp3) is 0.462. The topological polar surface area (TPSA) is 40.7 Å². The minimum absolute atomic E-state index is 0.677. The maximum Gasteiger partial charge on any atom is 0.138 e. The Balaban J connectivity index is 1.99. The molecule has 0 fully saturated rings. The number of H-pyrrole nitrogens is 1. The van der Waals surface area contributed by atoms with Crippen LogP contribution in [0.15, 0.2) is 17.0 Å². The van der Waals surface area contributed by atoms with Crippen LogP contribution in [0.4, 0.5) is 0 Å². The van der Waals surface area contributed by atoms with Gasteiger partial charge in [-0.25, -0.2) is 4.98 Å². The molecule has 0 saturated carbocycles. The maximum atomic E-state index is 4.43. The molecule has 0 aliphatic heterocycles. The molecular weight excluding hydrogens is 230 g/mol. The Morgan fingerprint density at radius 1 is 1.41 bits per heavy atom. The summed E-state index contributed by atoms with van der Waals surface area (Å²) in [7, 11) is 0. The average molecular weight is 249 g/mol. The summed E-state index contributed by atoms with van der Waals surface area (Å²) in [6.07, 6.45) is 1.92. The molecule has 4 heteroatoms. The van der Waals surface area contributed by atoms with Gasteiger partial charge in [0, 0.05) is 29.4 Å². The van der Waals surface area contributed by atoms with Crippen molar-refractivity contribution in [2.75, 3.05) is 6.54 Å². The Labute approximate surface area is 106 Å². The summed E-state index contributed by atoms with van der Waals surface area (Å²) in [5.41, 5.74) is 3.64. The molecule has 0 aromatic carbocycles. The van der Waals surface area contributed by atoms with Gasteiger partial charge in [0.15, 0.2) is 0 Å². The molecule has 3 nitrogen and oxygen atoms in total. The predicted octanol–water partition coefficient (Wildman–Crippen LogP) is 3.19. The Morgan fingerprint density at radius 2 is 2.24 bits per heavy atom. The van der Waals surface area contributed by atoms with Crippen molar-refractivity contribution in [3.05, 3.63) is 28.2 Å². The molecule has 0 bridgehead atoms. The van der Waals surface area contributed by atoms with Gasteiger partial charge < -0.3 is 10.3 Å². The van der Waals surface area contributed by atoms with E-state index in [0.717, 1.165) is 24.6 Å². The molecule has 0 amide bonds. The van der Waals surface area contributed by atoms with Crippen LogP contribution in [-0.4, -0.2) is 16.5 Å². The quantitative estimate of drug-likeness (QED) is 0.854. The van der Waals surface area contributed by atoms with Gasteiger partial charge in [-0.05, 0) is 30.3 Å². The lowest BCUT2D eigenvalue weighted by Gasteiger charge is -2.05. The summed E-state index contributed by atoms with van der Waals surface area (Å²) in [5.74, 6) is 1.65. The molecule has 2 aromatic heterocycles. The smallest absolute Gasteiger partial charge is 0.138 e. The van der Waals surface area contributed by atoms with Crippen molar-refractivity contribution in [3.8, 4) is 11.4 Å². The Hall–Kier alpha value is -1.13. The van der Waals surface area contributed by atoms with Crippen LogP contribution in [0.5, 0.6) is 0 Å². The Morgan fingerprint density at radius 3 is 2.88 bits per heavy atom. The highest BCUT2D eigenvalue weighted by Crippen LogP contribution is 2.23. The van der Waals surface area contributed by atoms with Crippen LogP contribution >= 0.6 is 11.3 Å². The SMILES string of the molecule is Cc1cscc1-c1ncc(CNCC(C)C)[nH]1. The number of thiophene rings is 1. The Kier molecular flexibility index (Phi) is 3.97. The van der Waals surface area contributed by atoms with Crippen LogP contribution in [0.1, 0.15) is 25.1 Å². The number of imidazole rings is 1. The number of aromatic nitrogens is 2. The van der Waals surface area contributed by atoms with Gasteiger partial charge in [-0.2, -0.15) is 11.3 Å². The molecule has 0 atom stereocenters. The normalized spacial score (nSPS) is 11.3. The van der Waals surface area contributed by atoms with E-state index in [1.807, 2.05) is 6.20 Å². The van der Waals surface area contributed by atoms with E-state index in [0.29, 0.717) is 5.92 Å². The fourth-order valence-corrected chi connectivity index (χ4v) is 2.52. The number of nitrogens with zero attached hydrogens (tertiary/aromatic N) is 1. The zero-order valence-corrected chi connectivity index (χ0v) is 11.4. The molecule has 2 N–H and O–H groups in total. The highest BCUT2D eigenvalue weighted by molar-refractivity contribution is 7.08. The second-order valence-electron chi connectivity index (χ2n) is 4.75. The first kappa shape index (κ1) is 12.3. The van der Waals surface area contributed by atoms with Crippen LogP contribution < -0.4 is 5.32 Å². The van der Waals surface area contributed by atoms with Crippen molar-refractivity contribution in [2.24, 2.45) is 5.92 Å². The fourth-order valence-electron chi connectivity index (χ4n) is 1.68. The van der Waals surface area contributed by atoms with Gasteiger partial charge in [-0.1, -0.05) is 13.8 Å². The summed E-state index contributed by atoms with van der Waals surface area (Å²) in [6, 6.07) is 0. The summed E-state index contributed by atoms with van der Waals surface area (Å²) < 4.78 is 0. The van der Waals surface area contributed by atoms with E-state index < -0.39 is 0 Å². The molecule has 0 spiro atoms. The van der Waals surface area contributed by atoms with Gasteiger partial charge >= 0.3 is 0 Å². The second-order valence-corrected chi connectivity index (χ2v) is 5.49. The van der Waals surface area contributed by atoms with E-state index >= 15 is 0 Å². The maximum absolute atomic E-state index is 4.43.